The van der Waals surface area contributed by atoms with Crippen molar-refractivity contribution in [1.82, 2.24) is 10.2 Å². The highest BCUT2D eigenvalue weighted by atomic mass is 79.9. The number of anilines is 1. The van der Waals surface area contributed by atoms with E-state index >= 15 is 0 Å². The number of hydrogen-bond donors (Lipinski definition) is 3. The van der Waals surface area contributed by atoms with Crippen molar-refractivity contribution in [2.45, 2.75) is 0 Å². The Balaban J connectivity index is 2.19. The van der Waals surface area contributed by atoms with Gasteiger partial charge in [-0.2, -0.15) is 5.10 Å². The van der Waals surface area contributed by atoms with Gasteiger partial charge in [0.1, 0.15) is 0 Å². The molecule has 6 nitrogen and oxygen atoms in total. The van der Waals surface area contributed by atoms with E-state index in [1.807, 2.05) is 0 Å². The number of H-pyrrole nitrogens is 1. The van der Waals surface area contributed by atoms with Crippen LogP contribution in [0.5, 0.6) is 0 Å². The summed E-state index contributed by atoms with van der Waals surface area (Å²) in [4.78, 5) is 22.7. The van der Waals surface area contributed by atoms with Crippen molar-refractivity contribution in [3.05, 3.63) is 45.0 Å². The molecule has 2 rings (SSSR count). The third-order valence-electron chi connectivity index (χ3n) is 2.26. The molecule has 0 aliphatic heterocycles. The molecule has 0 aliphatic rings. The number of aromatic amines is 1. The molecule has 0 saturated carbocycles. The number of aromatic carboxylic acids is 1. The van der Waals surface area contributed by atoms with Crippen LogP contribution in [-0.2, 0) is 0 Å². The average Bonchev–Trinajstić information content (AvgIpc) is 2.72. The number of halogens is 2. The second kappa shape index (κ2) is 5.41. The van der Waals surface area contributed by atoms with Crippen LogP contribution in [0.3, 0.4) is 0 Å². The Morgan fingerprint density at radius 1 is 1.32 bits per heavy atom. The first-order valence-electron chi connectivity index (χ1n) is 5.03. The molecule has 0 saturated heterocycles. The predicted octanol–water partition coefficient (Wildman–Crippen LogP) is 2.78. The lowest BCUT2D eigenvalue weighted by Gasteiger charge is -2.02. The van der Waals surface area contributed by atoms with Gasteiger partial charge >= 0.3 is 5.97 Å². The van der Waals surface area contributed by atoms with E-state index in [-0.39, 0.29) is 16.0 Å². The van der Waals surface area contributed by atoms with Gasteiger partial charge in [-0.05, 0) is 40.2 Å². The van der Waals surface area contributed by atoms with E-state index in [1.165, 1.54) is 0 Å². The Labute approximate surface area is 120 Å². The summed E-state index contributed by atoms with van der Waals surface area (Å²) in [6.07, 6.45) is 0. The second-order valence-corrected chi connectivity index (χ2v) is 4.76. The average molecular weight is 345 g/mol. The number of benzene rings is 1. The van der Waals surface area contributed by atoms with Crippen molar-refractivity contribution in [3.63, 3.8) is 0 Å². The summed E-state index contributed by atoms with van der Waals surface area (Å²) in [7, 11) is 0. The Morgan fingerprint density at radius 2 is 1.95 bits per heavy atom. The van der Waals surface area contributed by atoms with Gasteiger partial charge in [0, 0.05) is 10.6 Å². The molecule has 1 aromatic heterocycles. The van der Waals surface area contributed by atoms with Gasteiger partial charge in [-0.1, -0.05) is 11.6 Å². The Morgan fingerprint density at radius 3 is 2.47 bits per heavy atom. The number of nitrogens with zero attached hydrogens (tertiary/aromatic N) is 1. The highest BCUT2D eigenvalue weighted by Gasteiger charge is 2.18. The van der Waals surface area contributed by atoms with Gasteiger partial charge in [0.15, 0.2) is 11.5 Å². The Hall–Kier alpha value is -1.86. The third kappa shape index (κ3) is 2.94. The summed E-state index contributed by atoms with van der Waals surface area (Å²) in [6, 6.07) is 6.27. The molecular weight excluding hydrogens is 337 g/mol. The number of carbonyl (C=O) groups is 2. The van der Waals surface area contributed by atoms with Crippen molar-refractivity contribution in [2.24, 2.45) is 0 Å². The van der Waals surface area contributed by atoms with Gasteiger partial charge in [-0.25, -0.2) is 4.79 Å². The zero-order valence-electron chi connectivity index (χ0n) is 9.28. The van der Waals surface area contributed by atoms with E-state index in [4.69, 9.17) is 16.7 Å². The topological polar surface area (TPSA) is 95.1 Å². The van der Waals surface area contributed by atoms with Crippen LogP contribution < -0.4 is 5.32 Å². The molecule has 1 aromatic carbocycles. The quantitative estimate of drug-likeness (QED) is 0.798. The molecule has 1 amide bonds. The van der Waals surface area contributed by atoms with Crippen LogP contribution in [0.2, 0.25) is 5.02 Å². The lowest BCUT2D eigenvalue weighted by molar-refractivity contribution is 0.0689. The van der Waals surface area contributed by atoms with E-state index < -0.39 is 11.9 Å². The molecule has 2 aromatic rings. The first-order chi connectivity index (χ1) is 8.99. The lowest BCUT2D eigenvalue weighted by atomic mass is 10.2. The van der Waals surface area contributed by atoms with Gasteiger partial charge < -0.3 is 10.4 Å². The van der Waals surface area contributed by atoms with Crippen LogP contribution >= 0.6 is 27.5 Å². The van der Waals surface area contributed by atoms with Crippen LogP contribution in [-0.4, -0.2) is 27.2 Å². The second-order valence-electron chi connectivity index (χ2n) is 3.53. The normalized spacial score (nSPS) is 10.2. The van der Waals surface area contributed by atoms with Crippen LogP contribution in [0, 0.1) is 0 Å². The number of aromatic nitrogens is 2. The van der Waals surface area contributed by atoms with E-state index in [2.05, 4.69) is 31.4 Å². The van der Waals surface area contributed by atoms with E-state index in [1.54, 1.807) is 24.3 Å². The maximum absolute atomic E-state index is 11.9. The molecular formula is C11H7BrClN3O3. The number of amides is 1. The smallest absolute Gasteiger partial charge is 0.355 e. The minimum atomic E-state index is -1.17. The summed E-state index contributed by atoms with van der Waals surface area (Å²) < 4.78 is 0.183. The zero-order chi connectivity index (χ0) is 14.0. The summed E-state index contributed by atoms with van der Waals surface area (Å²) in [5.41, 5.74) is 0.252. The third-order valence-corrected chi connectivity index (χ3v) is 3.28. The minimum absolute atomic E-state index is 0.109. The van der Waals surface area contributed by atoms with Crippen molar-refractivity contribution in [1.29, 1.82) is 0 Å². The zero-order valence-corrected chi connectivity index (χ0v) is 11.6. The number of carboxylic acids is 1. The molecule has 0 aliphatic carbocycles. The van der Waals surface area contributed by atoms with Crippen molar-refractivity contribution in [2.75, 3.05) is 5.32 Å². The molecule has 3 N–H and O–H groups in total. The fourth-order valence-corrected chi connectivity index (χ4v) is 1.91. The van der Waals surface area contributed by atoms with Crippen LogP contribution in [0.25, 0.3) is 0 Å². The van der Waals surface area contributed by atoms with Gasteiger partial charge in [-0.15, -0.1) is 0 Å². The largest absolute Gasteiger partial charge is 0.476 e. The van der Waals surface area contributed by atoms with E-state index in [9.17, 15) is 9.59 Å². The molecule has 1 heterocycles. The molecule has 0 radical (unpaired) electrons. The Kier molecular flexibility index (Phi) is 3.87. The summed E-state index contributed by atoms with van der Waals surface area (Å²) in [5.74, 6) is -1.48. The van der Waals surface area contributed by atoms with Gasteiger partial charge in [0.05, 0.1) is 4.47 Å². The first-order valence-corrected chi connectivity index (χ1v) is 6.20. The fraction of sp³-hybridized carbons (Fsp3) is 0. The first kappa shape index (κ1) is 13.6. The maximum atomic E-state index is 11.9. The molecule has 0 bridgehead atoms. The fourth-order valence-electron chi connectivity index (χ4n) is 1.33. The molecule has 0 fully saturated rings. The SMILES string of the molecule is O=C(Nc1n[nH]c(C(=O)O)c1Br)c1ccc(Cl)cc1. The summed E-state index contributed by atoms with van der Waals surface area (Å²) >= 11 is 8.77. The molecule has 0 unspecified atom stereocenters. The van der Waals surface area contributed by atoms with E-state index in [0.717, 1.165) is 0 Å². The maximum Gasteiger partial charge on any atom is 0.355 e. The van der Waals surface area contributed by atoms with Gasteiger partial charge in [0.2, 0.25) is 0 Å². The predicted molar refractivity (Wildman–Crippen MR) is 72.7 cm³/mol. The highest BCUT2D eigenvalue weighted by Crippen LogP contribution is 2.24. The molecule has 19 heavy (non-hydrogen) atoms. The molecule has 8 heteroatoms. The Bertz CT molecular complexity index is 639. The van der Waals surface area contributed by atoms with E-state index in [0.29, 0.717) is 10.6 Å². The summed E-state index contributed by atoms with van der Waals surface area (Å²) in [6.45, 7) is 0. The molecule has 0 spiro atoms. The van der Waals surface area contributed by atoms with Crippen LogP contribution in [0.4, 0.5) is 5.82 Å². The van der Waals surface area contributed by atoms with Crippen LogP contribution in [0.1, 0.15) is 20.8 Å². The van der Waals surface area contributed by atoms with Crippen molar-refractivity contribution in [3.8, 4) is 0 Å². The van der Waals surface area contributed by atoms with Crippen molar-refractivity contribution >= 4 is 45.2 Å². The number of rotatable bonds is 3. The molecule has 98 valence electrons. The van der Waals surface area contributed by atoms with Crippen LogP contribution in [0.15, 0.2) is 28.7 Å². The lowest BCUT2D eigenvalue weighted by Crippen LogP contribution is -2.12. The van der Waals surface area contributed by atoms with Gasteiger partial charge in [-0.3, -0.25) is 9.89 Å². The number of nitrogens with one attached hydrogen (secondary N) is 2. The number of hydrogen-bond acceptors (Lipinski definition) is 3. The molecule has 0 atom stereocenters. The standard InChI is InChI=1S/C11H7BrClN3O3/c12-7-8(11(18)19)15-16-9(7)14-10(17)5-1-3-6(13)4-2-5/h1-4H,(H,18,19)(H2,14,15,16,17). The van der Waals surface area contributed by atoms with Crippen molar-refractivity contribution < 1.29 is 14.7 Å². The number of carboxylic acid groups (broad SMARTS) is 1. The monoisotopic (exact) mass is 343 g/mol. The summed E-state index contributed by atoms with van der Waals surface area (Å²) in [5, 5.41) is 17.9. The highest BCUT2D eigenvalue weighted by molar-refractivity contribution is 9.10. The number of carbonyl (C=O) groups excluding carboxylic acids is 1. The van der Waals surface area contributed by atoms with Gasteiger partial charge in [0.25, 0.3) is 5.91 Å². The minimum Gasteiger partial charge on any atom is -0.476 e.